The molecular weight excluding hydrogens is 379 g/mol. The number of rotatable bonds is 6. The van der Waals surface area contributed by atoms with Crippen molar-refractivity contribution in [1.29, 1.82) is 0 Å². The zero-order valence-corrected chi connectivity index (χ0v) is 16.8. The van der Waals surface area contributed by atoms with Gasteiger partial charge in [-0.15, -0.1) is 0 Å². The van der Waals surface area contributed by atoms with Crippen LogP contribution in [0.3, 0.4) is 0 Å². The maximum absolute atomic E-state index is 13.2. The molecule has 1 amide bonds. The lowest BCUT2D eigenvalue weighted by molar-refractivity contribution is -0.120. The monoisotopic (exact) mass is 400 g/mol. The summed E-state index contributed by atoms with van der Waals surface area (Å²) in [5.41, 5.74) is 1.49. The summed E-state index contributed by atoms with van der Waals surface area (Å²) in [6, 6.07) is 15.6. The molecule has 146 valence electrons. The number of halogens is 2. The van der Waals surface area contributed by atoms with Crippen LogP contribution in [0.15, 0.2) is 54.6 Å². The van der Waals surface area contributed by atoms with Gasteiger partial charge in [0.1, 0.15) is 11.6 Å². The second-order valence-corrected chi connectivity index (χ2v) is 7.16. The molecule has 3 aromatic rings. The minimum absolute atomic E-state index is 0.174. The Kier molecular flexibility index (Phi) is 6.17. The van der Waals surface area contributed by atoms with Crippen molar-refractivity contribution in [2.75, 3.05) is 19.5 Å². The highest BCUT2D eigenvalue weighted by Crippen LogP contribution is 2.24. The maximum Gasteiger partial charge on any atom is 0.241 e. The number of methoxy groups -OCH3 is 1. The molecule has 28 heavy (non-hydrogen) atoms. The molecule has 3 aromatic carbocycles. The molecule has 0 unspecified atom stereocenters. The van der Waals surface area contributed by atoms with Crippen LogP contribution < -0.4 is 10.1 Å². The van der Waals surface area contributed by atoms with Gasteiger partial charge < -0.3 is 10.1 Å². The summed E-state index contributed by atoms with van der Waals surface area (Å²) in [7, 11) is 3.53. The smallest absolute Gasteiger partial charge is 0.241 e. The summed E-state index contributed by atoms with van der Waals surface area (Å²) in [6.45, 7) is 2.42. The summed E-state index contributed by atoms with van der Waals surface area (Å²) in [4.78, 5) is 14.5. The summed E-state index contributed by atoms with van der Waals surface area (Å²) in [5, 5.41) is 5.14. The van der Waals surface area contributed by atoms with Crippen LogP contribution in [0, 0.1) is 5.82 Å². The van der Waals surface area contributed by atoms with Crippen LogP contribution in [0.2, 0.25) is 5.02 Å². The summed E-state index contributed by atoms with van der Waals surface area (Å²) >= 11 is 5.99. The lowest BCUT2D eigenvalue weighted by Gasteiger charge is -2.24. The first-order valence-electron chi connectivity index (χ1n) is 8.90. The summed E-state index contributed by atoms with van der Waals surface area (Å²) in [6.07, 6.45) is 0. The lowest BCUT2D eigenvalue weighted by atomic mass is 10.1. The fraction of sp³-hybridized carbons (Fsp3) is 0.227. The van der Waals surface area contributed by atoms with Crippen molar-refractivity contribution in [2.45, 2.75) is 19.5 Å². The summed E-state index contributed by atoms with van der Waals surface area (Å²) in [5.74, 6) is 0.172. The number of hydrogen-bond acceptors (Lipinski definition) is 3. The zero-order valence-electron chi connectivity index (χ0n) is 16.0. The van der Waals surface area contributed by atoms with Crippen molar-refractivity contribution in [3.63, 3.8) is 0 Å². The number of likely N-dealkylation sites (N-methyl/N-ethyl adjacent to an activating group) is 1. The van der Waals surface area contributed by atoms with Crippen molar-refractivity contribution in [1.82, 2.24) is 4.90 Å². The van der Waals surface area contributed by atoms with Gasteiger partial charge in [0.05, 0.1) is 23.9 Å². The average Bonchev–Trinajstić information content (AvgIpc) is 2.68. The Labute approximate surface area is 168 Å². The van der Waals surface area contributed by atoms with Gasteiger partial charge in [-0.05, 0) is 66.7 Å². The number of anilines is 1. The quantitative estimate of drug-likeness (QED) is 0.625. The molecule has 4 nitrogen and oxygen atoms in total. The van der Waals surface area contributed by atoms with E-state index in [2.05, 4.69) is 11.4 Å². The van der Waals surface area contributed by atoms with Gasteiger partial charge in [0, 0.05) is 6.54 Å². The third-order valence-corrected chi connectivity index (χ3v) is 5.09. The van der Waals surface area contributed by atoms with E-state index in [4.69, 9.17) is 16.3 Å². The Balaban J connectivity index is 1.68. The van der Waals surface area contributed by atoms with Crippen LogP contribution in [0.25, 0.3) is 10.8 Å². The van der Waals surface area contributed by atoms with Crippen molar-refractivity contribution in [3.8, 4) is 5.75 Å². The second-order valence-electron chi connectivity index (χ2n) is 6.75. The Hall–Kier alpha value is -2.63. The standard InChI is InChI=1S/C22H22ClFN2O2/c1-14(22(27)25-21-9-7-18(24)12-20(21)23)26(2)13-15-4-5-17-11-19(28-3)8-6-16(17)10-15/h4-12,14H,13H2,1-3H3,(H,25,27)/t14-/m0/s1. The molecule has 0 fully saturated rings. The first-order valence-corrected chi connectivity index (χ1v) is 9.28. The fourth-order valence-corrected chi connectivity index (χ4v) is 3.17. The minimum atomic E-state index is -0.443. The van der Waals surface area contributed by atoms with E-state index in [-0.39, 0.29) is 10.9 Å². The van der Waals surface area contributed by atoms with E-state index in [0.29, 0.717) is 12.2 Å². The number of ether oxygens (including phenoxy) is 1. The van der Waals surface area contributed by atoms with Crippen LogP contribution in [-0.2, 0) is 11.3 Å². The maximum atomic E-state index is 13.2. The van der Waals surface area contributed by atoms with Crippen LogP contribution in [-0.4, -0.2) is 31.0 Å². The van der Waals surface area contributed by atoms with Crippen LogP contribution in [0.4, 0.5) is 10.1 Å². The minimum Gasteiger partial charge on any atom is -0.497 e. The Morgan fingerprint density at radius 3 is 2.57 bits per heavy atom. The van der Waals surface area contributed by atoms with Crippen molar-refractivity contribution >= 4 is 34.0 Å². The van der Waals surface area contributed by atoms with Gasteiger partial charge in [0.2, 0.25) is 5.91 Å². The summed E-state index contributed by atoms with van der Waals surface area (Å²) < 4.78 is 18.4. The molecular formula is C22H22ClFN2O2. The molecule has 1 N–H and O–H groups in total. The number of amides is 1. The number of nitrogens with one attached hydrogen (secondary N) is 1. The highest BCUT2D eigenvalue weighted by atomic mass is 35.5. The molecule has 0 bridgehead atoms. The van der Waals surface area contributed by atoms with Gasteiger partial charge in [-0.1, -0.05) is 29.8 Å². The van der Waals surface area contributed by atoms with Crippen LogP contribution >= 0.6 is 11.6 Å². The first kappa shape index (κ1) is 20.1. The van der Waals surface area contributed by atoms with Gasteiger partial charge in [0.25, 0.3) is 0 Å². The third kappa shape index (κ3) is 4.61. The molecule has 0 saturated heterocycles. The lowest BCUT2D eigenvalue weighted by Crippen LogP contribution is -2.39. The highest BCUT2D eigenvalue weighted by molar-refractivity contribution is 6.33. The van der Waals surface area contributed by atoms with Crippen molar-refractivity contribution in [3.05, 3.63) is 71.0 Å². The normalized spacial score (nSPS) is 12.2. The number of carbonyl (C=O) groups is 1. The van der Waals surface area contributed by atoms with E-state index < -0.39 is 11.9 Å². The zero-order chi connectivity index (χ0) is 20.3. The van der Waals surface area contributed by atoms with Crippen LogP contribution in [0.5, 0.6) is 5.75 Å². The Morgan fingerprint density at radius 2 is 1.86 bits per heavy atom. The highest BCUT2D eigenvalue weighted by Gasteiger charge is 2.19. The third-order valence-electron chi connectivity index (χ3n) is 4.77. The average molecular weight is 401 g/mol. The predicted molar refractivity (Wildman–Crippen MR) is 111 cm³/mol. The molecule has 0 spiro atoms. The largest absolute Gasteiger partial charge is 0.497 e. The van der Waals surface area contributed by atoms with Gasteiger partial charge in [0.15, 0.2) is 0 Å². The first-order chi connectivity index (χ1) is 13.4. The number of carbonyl (C=O) groups excluding carboxylic acids is 1. The van der Waals surface area contributed by atoms with E-state index in [1.807, 2.05) is 49.2 Å². The fourth-order valence-electron chi connectivity index (χ4n) is 2.95. The van der Waals surface area contributed by atoms with E-state index in [0.717, 1.165) is 22.1 Å². The second kappa shape index (κ2) is 8.59. The predicted octanol–water partition coefficient (Wildman–Crippen LogP) is 5.10. The molecule has 6 heteroatoms. The molecule has 0 aliphatic heterocycles. The molecule has 0 aromatic heterocycles. The number of fused-ring (bicyclic) bond motifs is 1. The SMILES string of the molecule is COc1ccc2cc(CN(C)[C@@H](C)C(=O)Nc3ccc(F)cc3Cl)ccc2c1. The van der Waals surface area contributed by atoms with E-state index in [9.17, 15) is 9.18 Å². The number of benzene rings is 3. The molecule has 3 rings (SSSR count). The molecule has 1 atom stereocenters. The Morgan fingerprint density at radius 1 is 1.14 bits per heavy atom. The van der Waals surface area contributed by atoms with Gasteiger partial charge in [-0.2, -0.15) is 0 Å². The molecule has 0 aliphatic rings. The van der Waals surface area contributed by atoms with Gasteiger partial charge in [-0.25, -0.2) is 4.39 Å². The molecule has 0 heterocycles. The van der Waals surface area contributed by atoms with Gasteiger partial charge in [-0.3, -0.25) is 9.69 Å². The topological polar surface area (TPSA) is 41.6 Å². The van der Waals surface area contributed by atoms with E-state index in [1.54, 1.807) is 7.11 Å². The van der Waals surface area contributed by atoms with Crippen molar-refractivity contribution < 1.29 is 13.9 Å². The molecule has 0 radical (unpaired) electrons. The van der Waals surface area contributed by atoms with Gasteiger partial charge >= 0.3 is 0 Å². The number of nitrogens with zero attached hydrogens (tertiary/aromatic N) is 1. The van der Waals surface area contributed by atoms with Crippen LogP contribution in [0.1, 0.15) is 12.5 Å². The van der Waals surface area contributed by atoms with E-state index in [1.165, 1.54) is 18.2 Å². The molecule has 0 saturated carbocycles. The Bertz CT molecular complexity index is 1010. The number of hydrogen-bond donors (Lipinski definition) is 1. The molecule has 0 aliphatic carbocycles. The van der Waals surface area contributed by atoms with E-state index >= 15 is 0 Å². The van der Waals surface area contributed by atoms with Crippen molar-refractivity contribution in [2.24, 2.45) is 0 Å².